The lowest BCUT2D eigenvalue weighted by molar-refractivity contribution is 0.0362. The van der Waals surface area contributed by atoms with E-state index in [9.17, 15) is 0 Å². The van der Waals surface area contributed by atoms with Crippen LogP contribution in [-0.4, -0.2) is 22.5 Å². The molecule has 0 aromatic rings. The van der Waals surface area contributed by atoms with Crippen molar-refractivity contribution in [2.75, 3.05) is 0 Å². The van der Waals surface area contributed by atoms with Crippen molar-refractivity contribution in [2.45, 2.75) is 38.8 Å². The van der Waals surface area contributed by atoms with Crippen molar-refractivity contribution in [3.05, 3.63) is 0 Å². The van der Waals surface area contributed by atoms with Crippen LogP contribution in [0.4, 0.5) is 0 Å². The molecule has 0 saturated heterocycles. The van der Waals surface area contributed by atoms with Crippen LogP contribution in [0.1, 0.15) is 26.7 Å². The van der Waals surface area contributed by atoms with Gasteiger partial charge in [-0.3, -0.25) is 0 Å². The third-order valence-corrected chi connectivity index (χ3v) is 1.49. The zero-order valence-electron chi connectivity index (χ0n) is 5.96. The summed E-state index contributed by atoms with van der Waals surface area (Å²) in [5, 5.41) is 17.5. The van der Waals surface area contributed by atoms with Gasteiger partial charge in [0.05, 0.1) is 12.1 Å². The monoisotopic (exact) mass is 133 g/mol. The number of hydroxylamine groups is 1. The van der Waals surface area contributed by atoms with E-state index in [0.717, 1.165) is 6.42 Å². The van der Waals surface area contributed by atoms with Crippen LogP contribution in [0.5, 0.6) is 0 Å². The molecule has 0 aliphatic carbocycles. The van der Waals surface area contributed by atoms with E-state index in [-0.39, 0.29) is 6.04 Å². The van der Waals surface area contributed by atoms with Gasteiger partial charge in [0.25, 0.3) is 0 Å². The van der Waals surface area contributed by atoms with E-state index in [0.29, 0.717) is 6.42 Å². The summed E-state index contributed by atoms with van der Waals surface area (Å²) in [6, 6.07) is -0.171. The van der Waals surface area contributed by atoms with Crippen molar-refractivity contribution < 1.29 is 10.3 Å². The van der Waals surface area contributed by atoms with Crippen LogP contribution in [0, 0.1) is 0 Å². The second-order valence-corrected chi connectivity index (χ2v) is 2.12. The standard InChI is InChI=1S/C6H15NO2/c1-3-5(7-9)6(8)4-2/h5-9H,3-4H2,1-2H3. The maximum atomic E-state index is 9.10. The van der Waals surface area contributed by atoms with Gasteiger partial charge in [-0.05, 0) is 12.8 Å². The Bertz CT molecular complexity index is 64.1. The number of hydrogen-bond donors (Lipinski definition) is 3. The Morgan fingerprint density at radius 2 is 1.89 bits per heavy atom. The lowest BCUT2D eigenvalue weighted by atomic mass is 10.1. The predicted octanol–water partition coefficient (Wildman–Crippen LogP) is 0.515. The van der Waals surface area contributed by atoms with Gasteiger partial charge in [-0.2, -0.15) is 5.48 Å². The van der Waals surface area contributed by atoms with Crippen molar-refractivity contribution in [3.8, 4) is 0 Å². The first-order valence-electron chi connectivity index (χ1n) is 3.33. The third kappa shape index (κ3) is 2.79. The molecule has 0 spiro atoms. The predicted molar refractivity (Wildman–Crippen MR) is 35.3 cm³/mol. The molecule has 0 heterocycles. The molecule has 0 amide bonds. The Balaban J connectivity index is 3.50. The molecule has 0 aromatic heterocycles. The summed E-state index contributed by atoms with van der Waals surface area (Å²) in [6.07, 6.45) is 0.984. The van der Waals surface area contributed by atoms with E-state index in [1.807, 2.05) is 13.8 Å². The van der Waals surface area contributed by atoms with E-state index in [1.165, 1.54) is 0 Å². The van der Waals surface area contributed by atoms with Crippen LogP contribution in [0.15, 0.2) is 0 Å². The number of aliphatic hydroxyl groups is 1. The minimum Gasteiger partial charge on any atom is -0.391 e. The van der Waals surface area contributed by atoms with Gasteiger partial charge in [-0.25, -0.2) is 0 Å². The third-order valence-electron chi connectivity index (χ3n) is 1.49. The van der Waals surface area contributed by atoms with Gasteiger partial charge in [0.1, 0.15) is 0 Å². The van der Waals surface area contributed by atoms with Gasteiger partial charge >= 0.3 is 0 Å². The fourth-order valence-electron chi connectivity index (χ4n) is 0.734. The number of aliphatic hydroxyl groups excluding tert-OH is 1. The molecule has 2 unspecified atom stereocenters. The first-order valence-corrected chi connectivity index (χ1v) is 3.33. The normalized spacial score (nSPS) is 17.3. The topological polar surface area (TPSA) is 52.5 Å². The van der Waals surface area contributed by atoms with Gasteiger partial charge in [0.2, 0.25) is 0 Å². The zero-order valence-corrected chi connectivity index (χ0v) is 5.96. The van der Waals surface area contributed by atoms with Crippen LogP contribution in [0.3, 0.4) is 0 Å². The van der Waals surface area contributed by atoms with Crippen LogP contribution < -0.4 is 5.48 Å². The lowest BCUT2D eigenvalue weighted by Crippen LogP contribution is -2.36. The van der Waals surface area contributed by atoms with Gasteiger partial charge < -0.3 is 10.3 Å². The minimum atomic E-state index is -0.431. The van der Waals surface area contributed by atoms with E-state index in [4.69, 9.17) is 10.3 Å². The van der Waals surface area contributed by atoms with Crippen molar-refractivity contribution in [1.29, 1.82) is 0 Å². The molecule has 3 heteroatoms. The Morgan fingerprint density at radius 1 is 1.33 bits per heavy atom. The highest BCUT2D eigenvalue weighted by molar-refractivity contribution is 4.68. The highest BCUT2D eigenvalue weighted by atomic mass is 16.5. The molecule has 0 bridgehead atoms. The summed E-state index contributed by atoms with van der Waals surface area (Å²) < 4.78 is 0. The molecule has 3 N–H and O–H groups in total. The Hall–Kier alpha value is -0.120. The Morgan fingerprint density at radius 3 is 2.00 bits per heavy atom. The second-order valence-electron chi connectivity index (χ2n) is 2.12. The Labute approximate surface area is 55.7 Å². The molecule has 0 aliphatic heterocycles. The molecule has 0 aromatic carbocycles. The van der Waals surface area contributed by atoms with Crippen LogP contribution in [-0.2, 0) is 0 Å². The summed E-state index contributed by atoms with van der Waals surface area (Å²) in [4.78, 5) is 0. The maximum absolute atomic E-state index is 9.10. The average molecular weight is 133 g/mol. The number of rotatable bonds is 4. The van der Waals surface area contributed by atoms with E-state index in [2.05, 4.69) is 5.48 Å². The second kappa shape index (κ2) is 4.73. The summed E-state index contributed by atoms with van der Waals surface area (Å²) in [5.41, 5.74) is 2.05. The van der Waals surface area contributed by atoms with E-state index >= 15 is 0 Å². The molecule has 0 rings (SSSR count). The van der Waals surface area contributed by atoms with Crippen LogP contribution in [0.2, 0.25) is 0 Å². The van der Waals surface area contributed by atoms with Gasteiger partial charge in [0, 0.05) is 0 Å². The summed E-state index contributed by atoms with van der Waals surface area (Å²) in [6.45, 7) is 3.79. The molecule has 56 valence electrons. The van der Waals surface area contributed by atoms with Gasteiger partial charge in [0.15, 0.2) is 0 Å². The summed E-state index contributed by atoms with van der Waals surface area (Å²) >= 11 is 0. The van der Waals surface area contributed by atoms with Gasteiger partial charge in [-0.15, -0.1) is 0 Å². The molecule has 3 nitrogen and oxygen atoms in total. The molecular formula is C6H15NO2. The van der Waals surface area contributed by atoms with E-state index < -0.39 is 6.10 Å². The summed E-state index contributed by atoms with van der Waals surface area (Å²) in [7, 11) is 0. The van der Waals surface area contributed by atoms with Crippen molar-refractivity contribution in [2.24, 2.45) is 0 Å². The first kappa shape index (κ1) is 8.88. The zero-order chi connectivity index (χ0) is 7.28. The van der Waals surface area contributed by atoms with Crippen molar-refractivity contribution >= 4 is 0 Å². The molecule has 0 radical (unpaired) electrons. The largest absolute Gasteiger partial charge is 0.391 e. The van der Waals surface area contributed by atoms with Crippen molar-refractivity contribution in [3.63, 3.8) is 0 Å². The maximum Gasteiger partial charge on any atom is 0.0713 e. The van der Waals surface area contributed by atoms with E-state index in [1.54, 1.807) is 0 Å². The molecule has 0 fully saturated rings. The quantitative estimate of drug-likeness (QED) is 0.490. The molecular weight excluding hydrogens is 118 g/mol. The summed E-state index contributed by atoms with van der Waals surface area (Å²) in [5.74, 6) is 0. The Kier molecular flexibility index (Phi) is 4.67. The molecule has 2 atom stereocenters. The highest BCUT2D eigenvalue weighted by Gasteiger charge is 2.12. The minimum absolute atomic E-state index is 0.171. The number of nitrogens with one attached hydrogen (secondary N) is 1. The molecule has 9 heavy (non-hydrogen) atoms. The molecule has 0 saturated carbocycles. The average Bonchev–Trinajstić information content (AvgIpc) is 1.90. The number of hydrogen-bond acceptors (Lipinski definition) is 3. The SMILES string of the molecule is CCC(O)C(CC)NO. The smallest absolute Gasteiger partial charge is 0.0713 e. The van der Waals surface area contributed by atoms with Crippen molar-refractivity contribution in [1.82, 2.24) is 5.48 Å². The van der Waals surface area contributed by atoms with Crippen LogP contribution >= 0.6 is 0 Å². The lowest BCUT2D eigenvalue weighted by Gasteiger charge is -2.17. The fraction of sp³-hybridized carbons (Fsp3) is 1.00. The first-order chi connectivity index (χ1) is 4.26. The van der Waals surface area contributed by atoms with Crippen LogP contribution in [0.25, 0.3) is 0 Å². The van der Waals surface area contributed by atoms with Gasteiger partial charge in [-0.1, -0.05) is 13.8 Å². The fourth-order valence-corrected chi connectivity index (χ4v) is 0.734. The highest BCUT2D eigenvalue weighted by Crippen LogP contribution is 2.00. The molecule has 0 aliphatic rings.